The molecule has 74 valence electrons. The summed E-state index contributed by atoms with van der Waals surface area (Å²) in [5, 5.41) is 2.67. The normalized spacial score (nSPS) is 11.1. The highest BCUT2D eigenvalue weighted by molar-refractivity contribution is 5.99. The predicted octanol–water partition coefficient (Wildman–Crippen LogP) is 0.334. The van der Waals surface area contributed by atoms with Gasteiger partial charge in [-0.25, -0.2) is 0 Å². The zero-order chi connectivity index (χ0) is 10.3. The molecule has 4 nitrogen and oxygen atoms in total. The van der Waals surface area contributed by atoms with Crippen LogP contribution >= 0.6 is 0 Å². The van der Waals surface area contributed by atoms with Crippen LogP contribution in [0.1, 0.15) is 26.7 Å². The largest absolute Gasteiger partial charge is 0.366 e. The maximum Gasteiger partial charge on any atom is 0.247 e. The maximum absolute atomic E-state index is 11.2. The zero-order valence-corrected chi connectivity index (χ0v) is 8.09. The van der Waals surface area contributed by atoms with Crippen molar-refractivity contribution in [3.8, 4) is 0 Å². The van der Waals surface area contributed by atoms with Crippen molar-refractivity contribution in [1.29, 1.82) is 0 Å². The van der Waals surface area contributed by atoms with E-state index in [4.69, 9.17) is 5.73 Å². The maximum atomic E-state index is 11.2. The van der Waals surface area contributed by atoms with E-state index in [0.717, 1.165) is 18.9 Å². The number of hydrogen-bond acceptors (Lipinski definition) is 2. The lowest BCUT2D eigenvalue weighted by atomic mass is 10.2. The van der Waals surface area contributed by atoms with Crippen molar-refractivity contribution >= 4 is 11.8 Å². The summed E-state index contributed by atoms with van der Waals surface area (Å²) in [6.07, 6.45) is 3.09. The van der Waals surface area contributed by atoms with Crippen LogP contribution in [0.15, 0.2) is 11.6 Å². The second kappa shape index (κ2) is 6.22. The molecule has 0 aromatic rings. The van der Waals surface area contributed by atoms with Crippen LogP contribution in [0.25, 0.3) is 0 Å². The summed E-state index contributed by atoms with van der Waals surface area (Å²) in [7, 11) is 0. The molecule has 0 aromatic carbocycles. The molecule has 0 atom stereocenters. The van der Waals surface area contributed by atoms with Gasteiger partial charge in [-0.1, -0.05) is 13.3 Å². The lowest BCUT2D eigenvalue weighted by molar-refractivity contribution is -0.118. The van der Waals surface area contributed by atoms with E-state index >= 15 is 0 Å². The molecular formula is C9H16N2O2. The van der Waals surface area contributed by atoms with E-state index in [1.54, 1.807) is 6.92 Å². The van der Waals surface area contributed by atoms with E-state index < -0.39 is 5.91 Å². The Labute approximate surface area is 78.2 Å². The standard InChI is InChI=1S/C9H16N2O2/c1-3-4-5-11-9(13)7(2)6-8(10)12/h6H,3-5H2,1-2H3,(H2,10,12)(H,11,13). The molecule has 0 heterocycles. The van der Waals surface area contributed by atoms with Gasteiger partial charge in [0.05, 0.1) is 0 Å². The minimum atomic E-state index is -0.594. The number of primary amides is 1. The van der Waals surface area contributed by atoms with Gasteiger partial charge in [-0.05, 0) is 13.3 Å². The summed E-state index contributed by atoms with van der Waals surface area (Å²) >= 11 is 0. The SMILES string of the molecule is CCCCNC(=O)C(C)=CC(N)=O. The number of nitrogens with two attached hydrogens (primary N) is 1. The van der Waals surface area contributed by atoms with Gasteiger partial charge in [0, 0.05) is 18.2 Å². The number of hydrogen-bond donors (Lipinski definition) is 2. The second-order valence-corrected chi connectivity index (χ2v) is 2.84. The number of nitrogens with one attached hydrogen (secondary N) is 1. The van der Waals surface area contributed by atoms with Crippen molar-refractivity contribution in [3.05, 3.63) is 11.6 Å². The number of amides is 2. The molecule has 0 rings (SSSR count). The van der Waals surface area contributed by atoms with E-state index in [0.29, 0.717) is 12.1 Å². The first-order valence-corrected chi connectivity index (χ1v) is 4.33. The van der Waals surface area contributed by atoms with Gasteiger partial charge in [-0.3, -0.25) is 9.59 Å². The van der Waals surface area contributed by atoms with E-state index in [-0.39, 0.29) is 5.91 Å². The molecule has 3 N–H and O–H groups in total. The average Bonchev–Trinajstić information content (AvgIpc) is 2.03. The molecule has 0 saturated heterocycles. The van der Waals surface area contributed by atoms with Crippen LogP contribution in [0.4, 0.5) is 0 Å². The van der Waals surface area contributed by atoms with Crippen molar-refractivity contribution < 1.29 is 9.59 Å². The lowest BCUT2D eigenvalue weighted by Gasteiger charge is -2.02. The van der Waals surface area contributed by atoms with Crippen molar-refractivity contribution in [1.82, 2.24) is 5.32 Å². The van der Waals surface area contributed by atoms with Gasteiger partial charge < -0.3 is 11.1 Å². The van der Waals surface area contributed by atoms with Gasteiger partial charge in [-0.15, -0.1) is 0 Å². The minimum absolute atomic E-state index is 0.229. The summed E-state index contributed by atoms with van der Waals surface area (Å²) < 4.78 is 0. The van der Waals surface area contributed by atoms with Gasteiger partial charge >= 0.3 is 0 Å². The second-order valence-electron chi connectivity index (χ2n) is 2.84. The summed E-state index contributed by atoms with van der Waals surface area (Å²) in [4.78, 5) is 21.6. The third-order valence-corrected chi connectivity index (χ3v) is 1.53. The van der Waals surface area contributed by atoms with Crippen LogP contribution in [0.3, 0.4) is 0 Å². The zero-order valence-electron chi connectivity index (χ0n) is 8.09. The molecule has 0 aliphatic heterocycles. The molecule has 0 aliphatic carbocycles. The van der Waals surface area contributed by atoms with Crippen LogP contribution in [0, 0.1) is 0 Å². The first-order chi connectivity index (χ1) is 6.07. The number of carbonyl (C=O) groups excluding carboxylic acids is 2. The Hall–Kier alpha value is -1.32. The molecule has 0 aliphatic rings. The Morgan fingerprint density at radius 1 is 1.46 bits per heavy atom. The summed E-state index contributed by atoms with van der Waals surface area (Å²) in [5.74, 6) is -0.824. The van der Waals surface area contributed by atoms with Crippen molar-refractivity contribution in [3.63, 3.8) is 0 Å². The highest BCUT2D eigenvalue weighted by Crippen LogP contribution is 1.92. The Bertz CT molecular complexity index is 222. The quantitative estimate of drug-likeness (QED) is 0.477. The van der Waals surface area contributed by atoms with Gasteiger partial charge in [0.15, 0.2) is 0 Å². The number of rotatable bonds is 5. The van der Waals surface area contributed by atoms with E-state index in [2.05, 4.69) is 5.32 Å². The Kier molecular flexibility index (Phi) is 5.59. The monoisotopic (exact) mass is 184 g/mol. The van der Waals surface area contributed by atoms with Crippen molar-refractivity contribution in [2.45, 2.75) is 26.7 Å². The van der Waals surface area contributed by atoms with Gasteiger partial charge in [-0.2, -0.15) is 0 Å². The number of unbranched alkanes of at least 4 members (excludes halogenated alkanes) is 1. The minimum Gasteiger partial charge on any atom is -0.366 e. The summed E-state index contributed by atoms with van der Waals surface area (Å²) in [5.41, 5.74) is 5.24. The molecule has 2 amide bonds. The lowest BCUT2D eigenvalue weighted by Crippen LogP contribution is -2.25. The van der Waals surface area contributed by atoms with Gasteiger partial charge in [0.25, 0.3) is 0 Å². The molecule has 0 aromatic heterocycles. The highest BCUT2D eigenvalue weighted by Gasteiger charge is 2.03. The van der Waals surface area contributed by atoms with Gasteiger partial charge in [0.1, 0.15) is 0 Å². The fraction of sp³-hybridized carbons (Fsp3) is 0.556. The fourth-order valence-corrected chi connectivity index (χ4v) is 0.797. The predicted molar refractivity (Wildman–Crippen MR) is 50.9 cm³/mol. The third-order valence-electron chi connectivity index (χ3n) is 1.53. The van der Waals surface area contributed by atoms with Crippen LogP contribution < -0.4 is 11.1 Å². The van der Waals surface area contributed by atoms with Crippen LogP contribution in [-0.2, 0) is 9.59 Å². The van der Waals surface area contributed by atoms with E-state index in [1.165, 1.54) is 0 Å². The summed E-state index contributed by atoms with van der Waals surface area (Å²) in [6, 6.07) is 0. The Morgan fingerprint density at radius 3 is 2.54 bits per heavy atom. The van der Waals surface area contributed by atoms with Crippen molar-refractivity contribution in [2.75, 3.05) is 6.54 Å². The Balaban J connectivity index is 3.90. The fourth-order valence-electron chi connectivity index (χ4n) is 0.797. The molecule has 0 radical (unpaired) electrons. The van der Waals surface area contributed by atoms with Crippen LogP contribution in [0.5, 0.6) is 0 Å². The highest BCUT2D eigenvalue weighted by atomic mass is 16.2. The van der Waals surface area contributed by atoms with Crippen LogP contribution in [0.2, 0.25) is 0 Å². The number of carbonyl (C=O) groups is 2. The van der Waals surface area contributed by atoms with E-state index in [1.807, 2.05) is 6.92 Å². The molecule has 4 heteroatoms. The molecular weight excluding hydrogens is 168 g/mol. The third kappa shape index (κ3) is 5.90. The van der Waals surface area contributed by atoms with Gasteiger partial charge in [0.2, 0.25) is 11.8 Å². The molecule has 0 fully saturated rings. The smallest absolute Gasteiger partial charge is 0.247 e. The first-order valence-electron chi connectivity index (χ1n) is 4.33. The summed E-state index contributed by atoms with van der Waals surface area (Å²) in [6.45, 7) is 4.24. The first kappa shape index (κ1) is 11.7. The molecule has 0 unspecified atom stereocenters. The molecule has 0 saturated carbocycles. The molecule has 0 spiro atoms. The average molecular weight is 184 g/mol. The topological polar surface area (TPSA) is 72.2 Å². The molecule has 0 bridgehead atoms. The van der Waals surface area contributed by atoms with E-state index in [9.17, 15) is 9.59 Å². The Morgan fingerprint density at radius 2 is 2.08 bits per heavy atom. The van der Waals surface area contributed by atoms with Crippen LogP contribution in [-0.4, -0.2) is 18.4 Å². The van der Waals surface area contributed by atoms with Crippen molar-refractivity contribution in [2.24, 2.45) is 5.73 Å². The molecule has 13 heavy (non-hydrogen) atoms.